The zero-order valence-corrected chi connectivity index (χ0v) is 22.4. The maximum absolute atomic E-state index is 12.3. The maximum Gasteiger partial charge on any atom is 0.335 e. The quantitative estimate of drug-likeness (QED) is 0.267. The van der Waals surface area contributed by atoms with E-state index in [-0.39, 0.29) is 5.56 Å². The lowest BCUT2D eigenvalue weighted by molar-refractivity contribution is 0.00437. The van der Waals surface area contributed by atoms with Gasteiger partial charge in [0.15, 0.2) is 0 Å². The van der Waals surface area contributed by atoms with E-state index in [9.17, 15) is 9.00 Å². The average Bonchev–Trinajstić information content (AvgIpc) is 3.39. The number of aromatic nitrogens is 1. The highest BCUT2D eigenvalue weighted by atomic mass is 32.2. The van der Waals surface area contributed by atoms with Crippen molar-refractivity contribution >= 4 is 33.5 Å². The monoisotopic (exact) mass is 527 g/mol. The molecule has 1 aliphatic heterocycles. The molecule has 1 atom stereocenters. The number of hydrogen-bond acceptors (Lipinski definition) is 5. The van der Waals surface area contributed by atoms with Gasteiger partial charge < -0.3 is 24.3 Å². The summed E-state index contributed by atoms with van der Waals surface area (Å²) in [5.41, 5.74) is 4.36. The molecule has 0 bridgehead atoms. The predicted molar refractivity (Wildman–Crippen MR) is 148 cm³/mol. The van der Waals surface area contributed by atoms with E-state index >= 15 is 0 Å². The number of rotatable bonds is 13. The van der Waals surface area contributed by atoms with Crippen LogP contribution in [0.2, 0.25) is 0 Å². The number of nitrogens with zero attached hydrogens (tertiary/aromatic N) is 1. The van der Waals surface area contributed by atoms with Gasteiger partial charge in [-0.3, -0.25) is 4.90 Å². The summed E-state index contributed by atoms with van der Waals surface area (Å²) in [5, 5.41) is 10.3. The zero-order valence-electron chi connectivity index (χ0n) is 21.6. The Morgan fingerprint density at radius 1 is 1.19 bits per heavy atom. The van der Waals surface area contributed by atoms with Gasteiger partial charge in [0.2, 0.25) is 0 Å². The molecule has 1 aromatic heterocycles. The number of carbonyl (C=O) groups is 1. The van der Waals surface area contributed by atoms with Crippen molar-refractivity contribution in [3.05, 3.63) is 59.3 Å². The SMILES string of the molecule is COc1cc(C)c2[nH]ccc2c1CN1CCC(OCCCCCS(=O)Nc2cccc(C(=O)O)c2)CC1. The van der Waals surface area contributed by atoms with Crippen LogP contribution in [0.15, 0.2) is 42.6 Å². The molecule has 0 radical (unpaired) electrons. The van der Waals surface area contributed by atoms with Crippen molar-refractivity contribution in [3.8, 4) is 5.75 Å². The summed E-state index contributed by atoms with van der Waals surface area (Å²) in [6.07, 6.45) is 7.04. The van der Waals surface area contributed by atoms with Crippen molar-refractivity contribution in [2.75, 3.05) is 37.3 Å². The number of methoxy groups -OCH3 is 1. The van der Waals surface area contributed by atoms with Crippen molar-refractivity contribution in [1.29, 1.82) is 0 Å². The van der Waals surface area contributed by atoms with Gasteiger partial charge in [-0.2, -0.15) is 0 Å². The van der Waals surface area contributed by atoms with Crippen LogP contribution >= 0.6 is 0 Å². The molecule has 0 aliphatic carbocycles. The molecule has 4 rings (SSSR count). The van der Waals surface area contributed by atoms with Gasteiger partial charge in [0.1, 0.15) is 16.7 Å². The van der Waals surface area contributed by atoms with Crippen molar-refractivity contribution in [1.82, 2.24) is 9.88 Å². The molecule has 9 heteroatoms. The number of aromatic carboxylic acids is 1. The molecule has 1 saturated heterocycles. The van der Waals surface area contributed by atoms with Gasteiger partial charge in [-0.15, -0.1) is 0 Å². The summed E-state index contributed by atoms with van der Waals surface area (Å²) in [6, 6.07) is 10.6. The molecule has 3 aromatic rings. The second-order valence-electron chi connectivity index (χ2n) is 9.59. The lowest BCUT2D eigenvalue weighted by atomic mass is 10.0. The number of fused-ring (bicyclic) bond motifs is 1. The lowest BCUT2D eigenvalue weighted by Crippen LogP contribution is -2.36. The fraction of sp³-hybridized carbons (Fsp3) is 0.464. The number of hydrogen-bond donors (Lipinski definition) is 3. The lowest BCUT2D eigenvalue weighted by Gasteiger charge is -2.32. The van der Waals surface area contributed by atoms with Crippen LogP contribution in [0.1, 0.15) is 53.6 Å². The second-order valence-corrected chi connectivity index (χ2v) is 10.9. The number of benzene rings is 2. The summed E-state index contributed by atoms with van der Waals surface area (Å²) < 4.78 is 27.0. The molecule has 1 aliphatic rings. The number of aryl methyl sites for hydroxylation is 1. The molecule has 37 heavy (non-hydrogen) atoms. The first kappa shape index (κ1) is 27.2. The third-order valence-electron chi connectivity index (χ3n) is 6.92. The summed E-state index contributed by atoms with van der Waals surface area (Å²) in [4.78, 5) is 16.9. The van der Waals surface area contributed by atoms with Gasteiger partial charge in [-0.05, 0) is 68.5 Å². The number of aromatic amines is 1. The summed E-state index contributed by atoms with van der Waals surface area (Å²) in [5.74, 6) is 0.477. The summed E-state index contributed by atoms with van der Waals surface area (Å²) >= 11 is 0. The zero-order chi connectivity index (χ0) is 26.2. The van der Waals surface area contributed by atoms with Crippen LogP contribution in [0.5, 0.6) is 5.75 Å². The first-order valence-electron chi connectivity index (χ1n) is 12.9. The molecule has 2 heterocycles. The smallest absolute Gasteiger partial charge is 0.335 e. The number of carboxylic acids is 1. The fourth-order valence-corrected chi connectivity index (χ4v) is 5.86. The van der Waals surface area contributed by atoms with E-state index in [1.165, 1.54) is 34.2 Å². The van der Waals surface area contributed by atoms with Gasteiger partial charge in [0.25, 0.3) is 0 Å². The number of anilines is 1. The molecular weight excluding hydrogens is 490 g/mol. The van der Waals surface area contributed by atoms with Crippen LogP contribution in [0.3, 0.4) is 0 Å². The summed E-state index contributed by atoms with van der Waals surface area (Å²) in [7, 11) is 0.508. The standard InChI is InChI=1S/C28H37N3O5S/c1-20-17-26(35-2)25(24-9-12-29-27(20)24)19-31-13-10-23(11-14-31)36-15-4-3-5-16-37(34)30-22-8-6-7-21(18-22)28(32)33/h6-9,12,17-18,23,29-30H,3-5,10-11,13-16,19H2,1-2H3,(H,32,33). The molecule has 200 valence electrons. The average molecular weight is 528 g/mol. The molecule has 0 spiro atoms. The van der Waals surface area contributed by atoms with E-state index in [0.717, 1.165) is 64.1 Å². The third-order valence-corrected chi connectivity index (χ3v) is 8.04. The van der Waals surface area contributed by atoms with Crippen molar-refractivity contribution < 1.29 is 23.6 Å². The Labute approximate surface area is 220 Å². The number of H-pyrrole nitrogens is 1. The molecular formula is C28H37N3O5S. The minimum Gasteiger partial charge on any atom is -0.496 e. The van der Waals surface area contributed by atoms with Crippen LogP contribution in [0, 0.1) is 6.92 Å². The highest BCUT2D eigenvalue weighted by molar-refractivity contribution is 7.86. The van der Waals surface area contributed by atoms with Crippen molar-refractivity contribution in [2.24, 2.45) is 0 Å². The fourth-order valence-electron chi connectivity index (χ4n) is 4.90. The van der Waals surface area contributed by atoms with E-state index in [1.807, 2.05) is 6.20 Å². The highest BCUT2D eigenvalue weighted by Gasteiger charge is 2.22. The largest absolute Gasteiger partial charge is 0.496 e. The summed E-state index contributed by atoms with van der Waals surface area (Å²) in [6.45, 7) is 5.70. The molecule has 3 N–H and O–H groups in total. The van der Waals surface area contributed by atoms with E-state index in [1.54, 1.807) is 19.2 Å². The number of ether oxygens (including phenoxy) is 2. The normalized spacial score (nSPS) is 15.6. The third kappa shape index (κ3) is 7.34. The van der Waals surface area contributed by atoms with Gasteiger partial charge >= 0.3 is 5.97 Å². The minimum absolute atomic E-state index is 0.179. The Morgan fingerprint density at radius 2 is 2.00 bits per heavy atom. The van der Waals surface area contributed by atoms with Crippen LogP contribution in [-0.2, 0) is 22.3 Å². The number of likely N-dealkylation sites (tertiary alicyclic amines) is 1. The molecule has 0 amide bonds. The Bertz CT molecular complexity index is 1220. The Morgan fingerprint density at radius 3 is 2.76 bits per heavy atom. The van der Waals surface area contributed by atoms with Crippen LogP contribution in [-0.4, -0.2) is 63.8 Å². The van der Waals surface area contributed by atoms with Crippen molar-refractivity contribution in [3.63, 3.8) is 0 Å². The molecule has 0 saturated carbocycles. The van der Waals surface area contributed by atoms with E-state index in [4.69, 9.17) is 14.6 Å². The second kappa shape index (κ2) is 13.1. The van der Waals surface area contributed by atoms with Gasteiger partial charge in [0.05, 0.1) is 18.8 Å². The molecule has 8 nitrogen and oxygen atoms in total. The van der Waals surface area contributed by atoms with Gasteiger partial charge in [-0.25, -0.2) is 9.00 Å². The number of carboxylic acid groups (broad SMARTS) is 1. The predicted octanol–water partition coefficient (Wildman–Crippen LogP) is 5.11. The number of unbranched alkanes of at least 4 members (excludes halogenated alkanes) is 2. The van der Waals surface area contributed by atoms with Gasteiger partial charge in [0, 0.05) is 60.3 Å². The molecule has 2 aromatic carbocycles. The maximum atomic E-state index is 12.3. The minimum atomic E-state index is -1.23. The molecule has 1 fully saturated rings. The number of piperidine rings is 1. The Balaban J connectivity index is 1.12. The van der Waals surface area contributed by atoms with E-state index in [0.29, 0.717) is 17.5 Å². The number of nitrogens with one attached hydrogen (secondary N) is 2. The first-order valence-corrected chi connectivity index (χ1v) is 14.2. The Hall–Kier alpha value is -2.88. The van der Waals surface area contributed by atoms with E-state index in [2.05, 4.69) is 33.7 Å². The Kier molecular flexibility index (Phi) is 9.60. The topological polar surface area (TPSA) is 104 Å². The molecule has 1 unspecified atom stereocenters. The highest BCUT2D eigenvalue weighted by Crippen LogP contribution is 2.32. The van der Waals surface area contributed by atoms with Crippen LogP contribution < -0.4 is 9.46 Å². The van der Waals surface area contributed by atoms with Crippen molar-refractivity contribution in [2.45, 2.75) is 51.7 Å². The first-order chi connectivity index (χ1) is 17.9. The van der Waals surface area contributed by atoms with Gasteiger partial charge in [-0.1, -0.05) is 12.5 Å². The van der Waals surface area contributed by atoms with Crippen LogP contribution in [0.25, 0.3) is 10.9 Å². The van der Waals surface area contributed by atoms with E-state index < -0.39 is 17.0 Å². The van der Waals surface area contributed by atoms with Crippen LogP contribution in [0.4, 0.5) is 5.69 Å².